The predicted molar refractivity (Wildman–Crippen MR) is 89.0 cm³/mol. The summed E-state index contributed by atoms with van der Waals surface area (Å²) >= 11 is 9.18. The molecule has 20 heavy (non-hydrogen) atoms. The quantitative estimate of drug-likeness (QED) is 0.763. The fraction of sp³-hybridized carbons (Fsp3) is 0.500. The standard InChI is InChI=1S/C12H18BrClN2O2S.ClH/c1-8(2)6-9(7-15)16-19(17,18)12-10(13)4-3-5-11(12)14;/h3-5,8-9,16H,6-7,15H2,1-2H3;1H. The third-order valence-electron chi connectivity index (χ3n) is 2.55. The molecule has 3 N–H and O–H groups in total. The maximum atomic E-state index is 12.3. The summed E-state index contributed by atoms with van der Waals surface area (Å²) < 4.78 is 27.7. The smallest absolute Gasteiger partial charge is 0.243 e. The first-order valence-electron chi connectivity index (χ1n) is 5.94. The topological polar surface area (TPSA) is 72.2 Å². The summed E-state index contributed by atoms with van der Waals surface area (Å²) in [4.78, 5) is 0.0545. The molecule has 0 fully saturated rings. The van der Waals surface area contributed by atoms with Crippen molar-refractivity contribution in [2.24, 2.45) is 11.7 Å². The van der Waals surface area contributed by atoms with Crippen molar-refractivity contribution in [3.8, 4) is 0 Å². The van der Waals surface area contributed by atoms with Gasteiger partial charge in [0.2, 0.25) is 10.0 Å². The number of nitrogens with one attached hydrogen (secondary N) is 1. The summed E-state index contributed by atoms with van der Waals surface area (Å²) in [6, 6.07) is 4.56. The Morgan fingerprint density at radius 1 is 1.40 bits per heavy atom. The van der Waals surface area contributed by atoms with Gasteiger partial charge in [-0.05, 0) is 40.4 Å². The molecule has 8 heteroatoms. The molecule has 116 valence electrons. The SMILES string of the molecule is CC(C)CC(CN)NS(=O)(=O)c1c(Cl)cccc1Br.Cl. The molecule has 0 bridgehead atoms. The lowest BCUT2D eigenvalue weighted by Gasteiger charge is -2.19. The third-order valence-corrected chi connectivity index (χ3v) is 5.52. The Bertz CT molecular complexity index is 518. The van der Waals surface area contributed by atoms with Crippen LogP contribution >= 0.6 is 39.9 Å². The summed E-state index contributed by atoms with van der Waals surface area (Å²) in [6.07, 6.45) is 0.678. The molecular weight excluding hydrogens is 387 g/mol. The molecule has 1 atom stereocenters. The highest BCUT2D eigenvalue weighted by molar-refractivity contribution is 9.10. The van der Waals surface area contributed by atoms with E-state index in [9.17, 15) is 8.42 Å². The van der Waals surface area contributed by atoms with Gasteiger partial charge >= 0.3 is 0 Å². The minimum atomic E-state index is -3.69. The highest BCUT2D eigenvalue weighted by atomic mass is 79.9. The second kappa shape index (κ2) is 8.56. The van der Waals surface area contributed by atoms with Crippen LogP contribution in [-0.2, 0) is 10.0 Å². The monoisotopic (exact) mass is 404 g/mol. The van der Waals surface area contributed by atoms with Gasteiger partial charge in [0.25, 0.3) is 0 Å². The van der Waals surface area contributed by atoms with E-state index in [0.717, 1.165) is 0 Å². The van der Waals surface area contributed by atoms with Crippen LogP contribution in [-0.4, -0.2) is 21.0 Å². The Balaban J connectivity index is 0.00000361. The minimum Gasteiger partial charge on any atom is -0.329 e. The van der Waals surface area contributed by atoms with Gasteiger partial charge in [-0.15, -0.1) is 12.4 Å². The summed E-state index contributed by atoms with van der Waals surface area (Å²) in [5, 5.41) is 0.183. The number of sulfonamides is 1. The van der Waals surface area contributed by atoms with E-state index in [-0.39, 0.29) is 34.9 Å². The number of nitrogens with two attached hydrogens (primary N) is 1. The molecule has 0 amide bonds. The van der Waals surface area contributed by atoms with Crippen molar-refractivity contribution in [2.45, 2.75) is 31.2 Å². The van der Waals surface area contributed by atoms with Gasteiger partial charge in [-0.1, -0.05) is 31.5 Å². The number of rotatable bonds is 6. The van der Waals surface area contributed by atoms with Gasteiger partial charge in [-0.2, -0.15) is 0 Å². The van der Waals surface area contributed by atoms with Gasteiger partial charge in [0.15, 0.2) is 0 Å². The van der Waals surface area contributed by atoms with Crippen molar-refractivity contribution in [2.75, 3.05) is 6.54 Å². The van der Waals surface area contributed by atoms with E-state index in [4.69, 9.17) is 17.3 Å². The Morgan fingerprint density at radius 2 is 2.00 bits per heavy atom. The molecule has 4 nitrogen and oxygen atoms in total. The molecule has 1 aromatic carbocycles. The lowest BCUT2D eigenvalue weighted by Crippen LogP contribution is -2.41. The van der Waals surface area contributed by atoms with Crippen LogP contribution in [0.25, 0.3) is 0 Å². The fourth-order valence-electron chi connectivity index (χ4n) is 1.78. The normalized spacial score (nSPS) is 13.1. The van der Waals surface area contributed by atoms with Gasteiger partial charge in [0.1, 0.15) is 4.90 Å². The lowest BCUT2D eigenvalue weighted by atomic mass is 10.1. The van der Waals surface area contributed by atoms with Crippen molar-refractivity contribution >= 4 is 50.0 Å². The maximum Gasteiger partial charge on any atom is 0.243 e. The van der Waals surface area contributed by atoms with Crippen molar-refractivity contribution in [3.63, 3.8) is 0 Å². The highest BCUT2D eigenvalue weighted by Gasteiger charge is 2.24. The third kappa shape index (κ3) is 5.50. The second-order valence-corrected chi connectivity index (χ2v) is 7.65. The molecule has 0 aliphatic rings. The molecule has 1 aromatic rings. The molecule has 0 aliphatic heterocycles. The van der Waals surface area contributed by atoms with Crippen LogP contribution < -0.4 is 10.5 Å². The zero-order valence-corrected chi connectivity index (χ0v) is 15.2. The first-order valence-corrected chi connectivity index (χ1v) is 8.59. The van der Waals surface area contributed by atoms with Crippen LogP contribution in [0.3, 0.4) is 0 Å². The van der Waals surface area contributed by atoms with Crippen LogP contribution in [0.5, 0.6) is 0 Å². The summed E-state index contributed by atoms with van der Waals surface area (Å²) in [5.74, 6) is 0.353. The Labute approximate surface area is 140 Å². The van der Waals surface area contributed by atoms with E-state index in [2.05, 4.69) is 20.7 Å². The average Bonchev–Trinajstić information content (AvgIpc) is 2.26. The molecule has 1 rings (SSSR count). The van der Waals surface area contributed by atoms with Gasteiger partial charge in [-0.3, -0.25) is 0 Å². The number of hydrogen-bond donors (Lipinski definition) is 2. The molecule has 0 radical (unpaired) electrons. The van der Waals surface area contributed by atoms with Crippen LogP contribution in [0, 0.1) is 5.92 Å². The molecule has 1 unspecified atom stereocenters. The van der Waals surface area contributed by atoms with Crippen LogP contribution in [0.1, 0.15) is 20.3 Å². The molecule has 0 spiro atoms. The van der Waals surface area contributed by atoms with Crippen molar-refractivity contribution in [3.05, 3.63) is 27.7 Å². The Hall–Kier alpha value is 0.150. The molecule has 0 heterocycles. The molecule has 0 aliphatic carbocycles. The first-order chi connectivity index (χ1) is 8.77. The van der Waals surface area contributed by atoms with Crippen LogP contribution in [0.4, 0.5) is 0 Å². The maximum absolute atomic E-state index is 12.3. The highest BCUT2D eigenvalue weighted by Crippen LogP contribution is 2.29. The van der Waals surface area contributed by atoms with Gasteiger partial charge in [0.05, 0.1) is 5.02 Å². The molecule has 0 aromatic heterocycles. The fourth-order valence-corrected chi connectivity index (χ4v) is 4.78. The van der Waals surface area contributed by atoms with E-state index >= 15 is 0 Å². The van der Waals surface area contributed by atoms with E-state index in [1.807, 2.05) is 13.8 Å². The van der Waals surface area contributed by atoms with Gasteiger partial charge in [-0.25, -0.2) is 13.1 Å². The van der Waals surface area contributed by atoms with E-state index in [0.29, 0.717) is 16.8 Å². The molecule has 0 saturated carbocycles. The largest absolute Gasteiger partial charge is 0.329 e. The van der Waals surface area contributed by atoms with Crippen molar-refractivity contribution in [1.82, 2.24) is 4.72 Å². The second-order valence-electron chi connectivity index (χ2n) is 4.73. The number of halogens is 3. The van der Waals surface area contributed by atoms with E-state index in [1.54, 1.807) is 18.2 Å². The first kappa shape index (κ1) is 20.1. The van der Waals surface area contributed by atoms with E-state index in [1.165, 1.54) is 0 Å². The van der Waals surface area contributed by atoms with Crippen molar-refractivity contribution in [1.29, 1.82) is 0 Å². The molecular formula is C12H19BrCl2N2O2S. The summed E-state index contributed by atoms with van der Waals surface area (Å²) in [6.45, 7) is 4.28. The number of benzene rings is 1. The summed E-state index contributed by atoms with van der Waals surface area (Å²) in [5.41, 5.74) is 5.61. The Morgan fingerprint density at radius 3 is 2.45 bits per heavy atom. The van der Waals surface area contributed by atoms with Gasteiger partial charge < -0.3 is 5.73 Å². The zero-order valence-electron chi connectivity index (χ0n) is 11.3. The average molecular weight is 406 g/mol. The summed E-state index contributed by atoms with van der Waals surface area (Å²) in [7, 11) is -3.69. The predicted octanol–water partition coefficient (Wildman–Crippen LogP) is 3.18. The Kier molecular flexibility index (Phi) is 8.62. The zero-order chi connectivity index (χ0) is 14.6. The van der Waals surface area contributed by atoms with Crippen molar-refractivity contribution < 1.29 is 8.42 Å². The minimum absolute atomic E-state index is 0. The van der Waals surface area contributed by atoms with E-state index < -0.39 is 10.0 Å². The van der Waals surface area contributed by atoms with Crippen LogP contribution in [0.15, 0.2) is 27.6 Å². The van der Waals surface area contributed by atoms with Gasteiger partial charge in [0, 0.05) is 17.1 Å². The number of hydrogen-bond acceptors (Lipinski definition) is 3. The lowest BCUT2D eigenvalue weighted by molar-refractivity contribution is 0.465. The molecule has 0 saturated heterocycles. The van der Waals surface area contributed by atoms with Crippen LogP contribution in [0.2, 0.25) is 5.02 Å².